The molecule has 0 spiro atoms. The van der Waals surface area contributed by atoms with Gasteiger partial charge in [0.25, 0.3) is 0 Å². The van der Waals surface area contributed by atoms with Crippen molar-refractivity contribution in [2.75, 3.05) is 5.32 Å². The van der Waals surface area contributed by atoms with Crippen LogP contribution in [0, 0.1) is 11.8 Å². The fourth-order valence-electron chi connectivity index (χ4n) is 4.12. The number of nitrogens with zero attached hydrogens (tertiary/aromatic N) is 2. The van der Waals surface area contributed by atoms with E-state index in [1.165, 1.54) is 0 Å². The summed E-state index contributed by atoms with van der Waals surface area (Å²) in [6.07, 6.45) is 8.06. The molecule has 7 nitrogen and oxygen atoms in total. The summed E-state index contributed by atoms with van der Waals surface area (Å²) in [5.74, 6) is -1.58. The molecule has 2 N–H and O–H groups in total. The highest BCUT2D eigenvalue weighted by molar-refractivity contribution is 5.99. The molecule has 1 fully saturated rings. The Kier molecular flexibility index (Phi) is 4.72. The molecule has 3 aromatic rings. The first-order valence-corrected chi connectivity index (χ1v) is 9.85. The van der Waals surface area contributed by atoms with E-state index in [0.717, 1.165) is 16.5 Å². The molecule has 30 heavy (non-hydrogen) atoms. The zero-order valence-corrected chi connectivity index (χ0v) is 16.1. The predicted molar refractivity (Wildman–Crippen MR) is 111 cm³/mol. The molecule has 150 valence electrons. The highest BCUT2D eigenvalue weighted by Gasteiger charge is 2.52. The minimum Gasteiger partial charge on any atom is -0.365 e. The van der Waals surface area contributed by atoms with Gasteiger partial charge in [0.1, 0.15) is 0 Å². The molecule has 2 aromatic heterocycles. The van der Waals surface area contributed by atoms with Crippen LogP contribution in [-0.2, 0) is 20.9 Å². The van der Waals surface area contributed by atoms with Gasteiger partial charge in [-0.3, -0.25) is 19.6 Å². The van der Waals surface area contributed by atoms with Crippen molar-refractivity contribution >= 4 is 28.4 Å². The average molecular weight is 400 g/mol. The molecule has 0 radical (unpaired) electrons. The Morgan fingerprint density at radius 1 is 0.967 bits per heavy atom. The molecule has 2 bridgehead atoms. The summed E-state index contributed by atoms with van der Waals surface area (Å²) < 4.78 is 5.84. The number of hydrogen-bond donors (Lipinski definition) is 2. The molecule has 4 heterocycles. The van der Waals surface area contributed by atoms with E-state index in [2.05, 4.69) is 20.6 Å². The largest absolute Gasteiger partial charge is 0.365 e. The van der Waals surface area contributed by atoms with Crippen molar-refractivity contribution in [3.63, 3.8) is 0 Å². The number of benzene rings is 1. The third-order valence-corrected chi connectivity index (χ3v) is 5.57. The Morgan fingerprint density at radius 3 is 2.57 bits per heavy atom. The van der Waals surface area contributed by atoms with Crippen molar-refractivity contribution in [3.8, 4) is 0 Å². The number of carbonyl (C=O) groups is 2. The molecule has 1 saturated heterocycles. The summed E-state index contributed by atoms with van der Waals surface area (Å²) in [7, 11) is 0. The van der Waals surface area contributed by atoms with Crippen molar-refractivity contribution in [3.05, 3.63) is 78.8 Å². The normalized spacial score (nSPS) is 24.1. The summed E-state index contributed by atoms with van der Waals surface area (Å²) in [4.78, 5) is 34.4. The molecule has 2 amide bonds. The first kappa shape index (κ1) is 18.4. The second-order valence-electron chi connectivity index (χ2n) is 7.48. The molecular formula is C23H20N4O3. The van der Waals surface area contributed by atoms with Crippen LogP contribution in [0.25, 0.3) is 10.9 Å². The van der Waals surface area contributed by atoms with Crippen LogP contribution < -0.4 is 10.6 Å². The molecule has 0 saturated carbocycles. The van der Waals surface area contributed by atoms with E-state index in [0.29, 0.717) is 12.2 Å². The van der Waals surface area contributed by atoms with Crippen LogP contribution in [0.2, 0.25) is 0 Å². The zero-order valence-electron chi connectivity index (χ0n) is 16.1. The number of nitrogens with one attached hydrogen (secondary N) is 2. The number of pyridine rings is 2. The van der Waals surface area contributed by atoms with Gasteiger partial charge in [-0.1, -0.05) is 24.3 Å². The lowest BCUT2D eigenvalue weighted by Gasteiger charge is -2.23. The zero-order chi connectivity index (χ0) is 20.5. The van der Waals surface area contributed by atoms with Crippen molar-refractivity contribution in [2.24, 2.45) is 11.8 Å². The third kappa shape index (κ3) is 3.44. The molecular weight excluding hydrogens is 380 g/mol. The molecule has 4 unspecified atom stereocenters. The molecule has 7 heteroatoms. The van der Waals surface area contributed by atoms with Crippen LogP contribution in [0.15, 0.2) is 73.2 Å². The van der Waals surface area contributed by atoms with Crippen LogP contribution in [-0.4, -0.2) is 34.0 Å². The fourth-order valence-corrected chi connectivity index (χ4v) is 4.12. The van der Waals surface area contributed by atoms with Crippen LogP contribution in [0.1, 0.15) is 5.56 Å². The lowest BCUT2D eigenvalue weighted by molar-refractivity contribution is -0.131. The van der Waals surface area contributed by atoms with Crippen LogP contribution >= 0.6 is 0 Å². The number of fused-ring (bicyclic) bond motifs is 3. The van der Waals surface area contributed by atoms with Crippen molar-refractivity contribution < 1.29 is 14.3 Å². The highest BCUT2D eigenvalue weighted by Crippen LogP contribution is 2.40. The Labute approximate surface area is 173 Å². The summed E-state index contributed by atoms with van der Waals surface area (Å²) in [5.41, 5.74) is 2.42. The number of anilines is 1. The van der Waals surface area contributed by atoms with Gasteiger partial charge < -0.3 is 15.4 Å². The molecule has 2 aliphatic heterocycles. The van der Waals surface area contributed by atoms with Gasteiger partial charge in [-0.05, 0) is 35.9 Å². The van der Waals surface area contributed by atoms with E-state index in [4.69, 9.17) is 4.74 Å². The summed E-state index contributed by atoms with van der Waals surface area (Å²) in [5, 5.41) is 6.80. The third-order valence-electron chi connectivity index (χ3n) is 5.57. The van der Waals surface area contributed by atoms with Gasteiger partial charge in [0.05, 0.1) is 29.6 Å². The number of amides is 2. The van der Waals surface area contributed by atoms with E-state index < -0.39 is 17.9 Å². The maximum atomic E-state index is 13.1. The quantitative estimate of drug-likeness (QED) is 0.642. The average Bonchev–Trinajstić information content (AvgIpc) is 3.40. The monoisotopic (exact) mass is 400 g/mol. The summed E-state index contributed by atoms with van der Waals surface area (Å²) in [6.45, 7) is 0.357. The van der Waals surface area contributed by atoms with Crippen molar-refractivity contribution in [1.29, 1.82) is 0 Å². The maximum Gasteiger partial charge on any atom is 0.231 e. The summed E-state index contributed by atoms with van der Waals surface area (Å²) >= 11 is 0. The molecule has 2 aliphatic rings. The Bertz CT molecular complexity index is 1130. The number of rotatable bonds is 5. The maximum absolute atomic E-state index is 13.1. The Morgan fingerprint density at radius 2 is 1.77 bits per heavy atom. The molecule has 0 aliphatic carbocycles. The summed E-state index contributed by atoms with van der Waals surface area (Å²) in [6, 6.07) is 13.1. The van der Waals surface area contributed by atoms with Crippen molar-refractivity contribution in [1.82, 2.24) is 15.3 Å². The van der Waals surface area contributed by atoms with Gasteiger partial charge in [-0.15, -0.1) is 0 Å². The van der Waals surface area contributed by atoms with Gasteiger partial charge in [0, 0.05) is 36.2 Å². The lowest BCUT2D eigenvalue weighted by atomic mass is 9.81. The fraction of sp³-hybridized carbons (Fsp3) is 0.217. The second-order valence-corrected chi connectivity index (χ2v) is 7.48. The van der Waals surface area contributed by atoms with Gasteiger partial charge in [0.15, 0.2) is 0 Å². The number of carbonyl (C=O) groups excluding carboxylic acids is 2. The number of aromatic nitrogens is 2. The smallest absolute Gasteiger partial charge is 0.231 e. The van der Waals surface area contributed by atoms with E-state index >= 15 is 0 Å². The first-order chi connectivity index (χ1) is 14.7. The minimum absolute atomic E-state index is 0.196. The number of ether oxygens (including phenoxy) is 1. The molecule has 1 aromatic carbocycles. The minimum atomic E-state index is -0.585. The second kappa shape index (κ2) is 7.68. The predicted octanol–water partition coefficient (Wildman–Crippen LogP) is 2.45. The van der Waals surface area contributed by atoms with Gasteiger partial charge >= 0.3 is 0 Å². The van der Waals surface area contributed by atoms with Crippen LogP contribution in [0.5, 0.6) is 0 Å². The molecule has 4 atom stereocenters. The van der Waals surface area contributed by atoms with Crippen LogP contribution in [0.4, 0.5) is 5.69 Å². The van der Waals surface area contributed by atoms with Crippen LogP contribution in [0.3, 0.4) is 0 Å². The standard InChI is InChI=1S/C23H20N4O3/c28-22(26-13-14-3-1-9-24-12-14)20-18-7-8-19(30-18)21(20)23(29)27-16-5-6-17-15(11-16)4-2-10-25-17/h1-12,18-21H,13H2,(H,26,28)(H,27,29). The van der Waals surface area contributed by atoms with Crippen molar-refractivity contribution in [2.45, 2.75) is 18.8 Å². The van der Waals surface area contributed by atoms with E-state index in [1.807, 2.05) is 54.6 Å². The molecule has 5 rings (SSSR count). The number of hydrogen-bond acceptors (Lipinski definition) is 5. The van der Waals surface area contributed by atoms with E-state index in [1.54, 1.807) is 18.6 Å². The van der Waals surface area contributed by atoms with E-state index in [9.17, 15) is 9.59 Å². The SMILES string of the molecule is O=C(NCc1cccnc1)C1C2C=CC(O2)C1C(=O)Nc1ccc2ncccc2c1. The van der Waals surface area contributed by atoms with Gasteiger partial charge in [0.2, 0.25) is 11.8 Å². The van der Waals surface area contributed by atoms with Gasteiger partial charge in [-0.2, -0.15) is 0 Å². The lowest BCUT2D eigenvalue weighted by Crippen LogP contribution is -2.44. The first-order valence-electron chi connectivity index (χ1n) is 9.85. The Hall–Kier alpha value is -3.58. The topological polar surface area (TPSA) is 93.2 Å². The Balaban J connectivity index is 1.31. The van der Waals surface area contributed by atoms with Gasteiger partial charge in [-0.25, -0.2) is 0 Å². The van der Waals surface area contributed by atoms with E-state index in [-0.39, 0.29) is 17.9 Å². The highest BCUT2D eigenvalue weighted by atomic mass is 16.5.